The van der Waals surface area contributed by atoms with Crippen molar-refractivity contribution in [2.24, 2.45) is 0 Å². The number of likely N-dealkylation sites (tertiary alicyclic amines) is 1. The van der Waals surface area contributed by atoms with Gasteiger partial charge in [0.1, 0.15) is 11.2 Å². The highest BCUT2D eigenvalue weighted by molar-refractivity contribution is 6.31. The number of amides is 1. The fourth-order valence-electron chi connectivity index (χ4n) is 3.54. The first-order valence-electron chi connectivity index (χ1n) is 10.1. The van der Waals surface area contributed by atoms with Gasteiger partial charge in [-0.1, -0.05) is 11.6 Å². The van der Waals surface area contributed by atoms with Crippen molar-refractivity contribution in [3.63, 3.8) is 0 Å². The standard InChI is InChI=1S/C21H24ClFN6O2/c1-21(2,3)31-20(30)29-6-4-5-13(11-29)27-19-16(23)10-26-18(28-19)15-9-25-17-14(15)7-12(22)8-24-17/h7-10,13H,4-6,11H2,1-3H3,(H,24,25)(H,26,27,28)/t13-/m0/s1. The highest BCUT2D eigenvalue weighted by atomic mass is 35.5. The van der Waals surface area contributed by atoms with Crippen molar-refractivity contribution in [1.29, 1.82) is 0 Å². The van der Waals surface area contributed by atoms with E-state index in [0.29, 0.717) is 35.1 Å². The molecule has 1 saturated heterocycles. The first-order chi connectivity index (χ1) is 14.7. The van der Waals surface area contributed by atoms with Crippen LogP contribution in [0.2, 0.25) is 5.02 Å². The maximum atomic E-state index is 14.5. The van der Waals surface area contributed by atoms with E-state index in [9.17, 15) is 9.18 Å². The summed E-state index contributed by atoms with van der Waals surface area (Å²) in [6, 6.07) is 1.60. The van der Waals surface area contributed by atoms with E-state index >= 15 is 0 Å². The summed E-state index contributed by atoms with van der Waals surface area (Å²) < 4.78 is 19.9. The normalized spacial score (nSPS) is 17.1. The van der Waals surface area contributed by atoms with Gasteiger partial charge < -0.3 is 19.9 Å². The SMILES string of the molecule is CC(C)(C)OC(=O)N1CCC[C@H](Nc2nc(-c3c[nH]c4ncc(Cl)cc34)ncc2F)C1. The molecule has 1 aliphatic heterocycles. The molecular weight excluding hydrogens is 423 g/mol. The zero-order valence-electron chi connectivity index (χ0n) is 17.6. The highest BCUT2D eigenvalue weighted by Crippen LogP contribution is 2.28. The smallest absolute Gasteiger partial charge is 0.410 e. The summed E-state index contributed by atoms with van der Waals surface area (Å²) >= 11 is 6.07. The maximum absolute atomic E-state index is 14.5. The third-order valence-corrected chi connectivity index (χ3v) is 5.10. The van der Waals surface area contributed by atoms with Gasteiger partial charge in [-0.05, 0) is 39.7 Å². The van der Waals surface area contributed by atoms with Crippen molar-refractivity contribution in [3.8, 4) is 11.4 Å². The highest BCUT2D eigenvalue weighted by Gasteiger charge is 2.28. The van der Waals surface area contributed by atoms with Crippen LogP contribution < -0.4 is 5.32 Å². The number of anilines is 1. The predicted molar refractivity (Wildman–Crippen MR) is 117 cm³/mol. The van der Waals surface area contributed by atoms with Gasteiger partial charge in [0.15, 0.2) is 17.5 Å². The largest absolute Gasteiger partial charge is 0.444 e. The van der Waals surface area contributed by atoms with E-state index < -0.39 is 11.4 Å². The van der Waals surface area contributed by atoms with E-state index in [4.69, 9.17) is 16.3 Å². The lowest BCUT2D eigenvalue weighted by atomic mass is 10.1. The van der Waals surface area contributed by atoms with E-state index in [0.717, 1.165) is 24.4 Å². The minimum Gasteiger partial charge on any atom is -0.444 e. The maximum Gasteiger partial charge on any atom is 0.410 e. The number of ether oxygens (including phenoxy) is 1. The molecule has 4 rings (SSSR count). The molecule has 0 aromatic carbocycles. The molecule has 3 aromatic heterocycles. The molecule has 164 valence electrons. The molecular formula is C21H24ClFN6O2. The van der Waals surface area contributed by atoms with Crippen LogP contribution in [0.15, 0.2) is 24.7 Å². The number of H-pyrrole nitrogens is 1. The predicted octanol–water partition coefficient (Wildman–Crippen LogP) is 4.62. The lowest BCUT2D eigenvalue weighted by Gasteiger charge is -2.34. The zero-order chi connectivity index (χ0) is 22.2. The van der Waals surface area contributed by atoms with Crippen molar-refractivity contribution in [1.82, 2.24) is 24.8 Å². The third kappa shape index (κ3) is 4.87. The number of halogens is 2. The average Bonchev–Trinajstić information content (AvgIpc) is 3.11. The summed E-state index contributed by atoms with van der Waals surface area (Å²) in [5.74, 6) is -0.126. The van der Waals surface area contributed by atoms with Crippen LogP contribution in [0.5, 0.6) is 0 Å². The van der Waals surface area contributed by atoms with Gasteiger partial charge in [0.25, 0.3) is 0 Å². The number of aromatic amines is 1. The summed E-state index contributed by atoms with van der Waals surface area (Å²) in [7, 11) is 0. The van der Waals surface area contributed by atoms with Gasteiger partial charge in [-0.3, -0.25) is 0 Å². The lowest BCUT2D eigenvalue weighted by Crippen LogP contribution is -2.47. The molecule has 0 bridgehead atoms. The number of hydrogen-bond acceptors (Lipinski definition) is 6. The van der Waals surface area contributed by atoms with Crippen LogP contribution in [0.25, 0.3) is 22.4 Å². The molecule has 3 aromatic rings. The van der Waals surface area contributed by atoms with Gasteiger partial charge in [0.2, 0.25) is 0 Å². The molecule has 0 aliphatic carbocycles. The van der Waals surface area contributed by atoms with Crippen molar-refractivity contribution in [2.45, 2.75) is 45.3 Å². The molecule has 1 fully saturated rings. The second kappa shape index (κ2) is 8.30. The summed E-state index contributed by atoms with van der Waals surface area (Å²) in [4.78, 5) is 29.8. The molecule has 10 heteroatoms. The van der Waals surface area contributed by atoms with Crippen molar-refractivity contribution >= 4 is 34.5 Å². The molecule has 1 amide bonds. The Bertz CT molecular complexity index is 1110. The van der Waals surface area contributed by atoms with Crippen LogP contribution in [-0.2, 0) is 4.74 Å². The number of carbonyl (C=O) groups excluding carboxylic acids is 1. The van der Waals surface area contributed by atoms with E-state index in [1.807, 2.05) is 20.8 Å². The van der Waals surface area contributed by atoms with Gasteiger partial charge in [-0.25, -0.2) is 24.1 Å². The third-order valence-electron chi connectivity index (χ3n) is 4.90. The minimum atomic E-state index is -0.567. The molecule has 0 unspecified atom stereocenters. The Morgan fingerprint density at radius 3 is 2.94 bits per heavy atom. The van der Waals surface area contributed by atoms with Gasteiger partial charge in [0, 0.05) is 42.5 Å². The van der Waals surface area contributed by atoms with E-state index in [2.05, 4.69) is 25.3 Å². The molecule has 2 N–H and O–H groups in total. The number of piperidine rings is 1. The zero-order valence-corrected chi connectivity index (χ0v) is 18.3. The van der Waals surface area contributed by atoms with Crippen LogP contribution in [0.1, 0.15) is 33.6 Å². The number of hydrogen-bond donors (Lipinski definition) is 2. The first kappa shape index (κ1) is 21.3. The first-order valence-corrected chi connectivity index (χ1v) is 10.5. The quantitative estimate of drug-likeness (QED) is 0.609. The number of nitrogens with zero attached hydrogens (tertiary/aromatic N) is 4. The Hall–Kier alpha value is -2.94. The fraction of sp³-hybridized carbons (Fsp3) is 0.429. The molecule has 0 spiro atoms. The molecule has 1 atom stereocenters. The van der Waals surface area contributed by atoms with Crippen LogP contribution in [-0.4, -0.2) is 55.7 Å². The fourth-order valence-corrected chi connectivity index (χ4v) is 3.70. The topological polar surface area (TPSA) is 96.0 Å². The Morgan fingerprint density at radius 1 is 1.35 bits per heavy atom. The molecule has 4 heterocycles. The number of aromatic nitrogens is 4. The molecule has 0 radical (unpaired) electrons. The molecule has 0 saturated carbocycles. The van der Waals surface area contributed by atoms with Crippen LogP contribution >= 0.6 is 11.6 Å². The van der Waals surface area contributed by atoms with E-state index in [1.165, 1.54) is 0 Å². The summed E-state index contributed by atoms with van der Waals surface area (Å²) in [6.45, 7) is 6.50. The summed E-state index contributed by atoms with van der Waals surface area (Å²) in [5.41, 5.74) is 0.747. The molecule has 31 heavy (non-hydrogen) atoms. The summed E-state index contributed by atoms with van der Waals surface area (Å²) in [5, 5.41) is 4.36. The number of pyridine rings is 1. The second-order valence-corrected chi connectivity index (χ2v) is 8.99. The minimum absolute atomic E-state index is 0.0883. The van der Waals surface area contributed by atoms with Gasteiger partial charge in [-0.2, -0.15) is 0 Å². The lowest BCUT2D eigenvalue weighted by molar-refractivity contribution is 0.0206. The second-order valence-electron chi connectivity index (χ2n) is 8.55. The Kier molecular flexibility index (Phi) is 5.70. The van der Waals surface area contributed by atoms with Crippen molar-refractivity contribution < 1.29 is 13.9 Å². The molecule has 8 nitrogen and oxygen atoms in total. The monoisotopic (exact) mass is 446 g/mol. The number of rotatable bonds is 3. The van der Waals surface area contributed by atoms with Crippen LogP contribution in [0.4, 0.5) is 15.0 Å². The number of fused-ring (bicyclic) bond motifs is 1. The number of carbonyl (C=O) groups is 1. The van der Waals surface area contributed by atoms with Crippen LogP contribution in [0, 0.1) is 5.82 Å². The Morgan fingerprint density at radius 2 is 2.16 bits per heavy atom. The van der Waals surface area contributed by atoms with Crippen molar-refractivity contribution in [3.05, 3.63) is 35.5 Å². The van der Waals surface area contributed by atoms with Gasteiger partial charge >= 0.3 is 6.09 Å². The van der Waals surface area contributed by atoms with Crippen LogP contribution in [0.3, 0.4) is 0 Å². The van der Waals surface area contributed by atoms with E-state index in [-0.39, 0.29) is 18.0 Å². The molecule has 1 aliphatic rings. The average molecular weight is 447 g/mol. The number of nitrogens with one attached hydrogen (secondary N) is 2. The Labute approximate surface area is 184 Å². The van der Waals surface area contributed by atoms with E-state index in [1.54, 1.807) is 23.4 Å². The Balaban J connectivity index is 1.54. The van der Waals surface area contributed by atoms with Gasteiger partial charge in [-0.15, -0.1) is 0 Å². The van der Waals surface area contributed by atoms with Crippen molar-refractivity contribution in [2.75, 3.05) is 18.4 Å². The summed E-state index contributed by atoms with van der Waals surface area (Å²) in [6.07, 6.45) is 5.59. The van der Waals surface area contributed by atoms with Gasteiger partial charge in [0.05, 0.1) is 11.2 Å².